The number of carbonyl (C=O) groups is 2. The van der Waals surface area contributed by atoms with E-state index in [4.69, 9.17) is 11.6 Å². The number of aromatic nitrogens is 2. The molecule has 0 radical (unpaired) electrons. The van der Waals surface area contributed by atoms with Crippen LogP contribution < -0.4 is 10.2 Å². The molecule has 3 rings (SSSR count). The van der Waals surface area contributed by atoms with E-state index in [0.29, 0.717) is 42.7 Å². The van der Waals surface area contributed by atoms with Gasteiger partial charge in [0.15, 0.2) is 0 Å². The molecule has 2 amide bonds. The van der Waals surface area contributed by atoms with Crippen LogP contribution in [-0.4, -0.2) is 52.9 Å². The van der Waals surface area contributed by atoms with Crippen molar-refractivity contribution in [3.05, 3.63) is 46.4 Å². The molecule has 0 atom stereocenters. The van der Waals surface area contributed by atoms with Crippen molar-refractivity contribution >= 4 is 34.9 Å². The monoisotopic (exact) mass is 387 g/mol. The van der Waals surface area contributed by atoms with Crippen molar-refractivity contribution < 1.29 is 9.59 Å². The number of nitrogens with one attached hydrogen (secondary N) is 1. The molecule has 2 aromatic rings. The quantitative estimate of drug-likeness (QED) is 0.875. The SMILES string of the molecule is CC(=O)N1CCN(c2cc(C(=O)Nc3c(C)cc(C)cc3Cl)ncn2)CC1. The summed E-state index contributed by atoms with van der Waals surface area (Å²) in [6.45, 7) is 8.03. The summed E-state index contributed by atoms with van der Waals surface area (Å²) >= 11 is 6.27. The summed E-state index contributed by atoms with van der Waals surface area (Å²) < 4.78 is 0. The molecule has 0 aliphatic carbocycles. The van der Waals surface area contributed by atoms with Gasteiger partial charge in [-0.1, -0.05) is 17.7 Å². The van der Waals surface area contributed by atoms with Crippen molar-refractivity contribution in [2.24, 2.45) is 0 Å². The highest BCUT2D eigenvalue weighted by molar-refractivity contribution is 6.34. The van der Waals surface area contributed by atoms with E-state index in [1.807, 2.05) is 30.9 Å². The average molecular weight is 388 g/mol. The molecule has 1 aliphatic rings. The van der Waals surface area contributed by atoms with Crippen LogP contribution in [0.3, 0.4) is 0 Å². The third-order valence-electron chi connectivity index (χ3n) is 4.60. The predicted molar refractivity (Wildman–Crippen MR) is 105 cm³/mol. The Bertz CT molecular complexity index is 855. The zero-order valence-electron chi connectivity index (χ0n) is 15.6. The van der Waals surface area contributed by atoms with E-state index in [0.717, 1.165) is 11.1 Å². The third-order valence-corrected chi connectivity index (χ3v) is 4.90. The fourth-order valence-corrected chi connectivity index (χ4v) is 3.51. The first kappa shape index (κ1) is 19.1. The van der Waals surface area contributed by atoms with Gasteiger partial charge in [0.25, 0.3) is 5.91 Å². The zero-order chi connectivity index (χ0) is 19.6. The van der Waals surface area contributed by atoms with E-state index in [1.54, 1.807) is 17.9 Å². The van der Waals surface area contributed by atoms with Gasteiger partial charge in [0, 0.05) is 39.2 Å². The first-order valence-electron chi connectivity index (χ1n) is 8.76. The molecule has 1 saturated heterocycles. The predicted octanol–water partition coefficient (Wildman–Crippen LogP) is 2.67. The van der Waals surface area contributed by atoms with Crippen LogP contribution in [-0.2, 0) is 4.79 Å². The fraction of sp³-hybridized carbons (Fsp3) is 0.368. The van der Waals surface area contributed by atoms with Gasteiger partial charge in [-0.25, -0.2) is 9.97 Å². The maximum atomic E-state index is 12.6. The smallest absolute Gasteiger partial charge is 0.274 e. The van der Waals surface area contributed by atoms with Crippen molar-refractivity contribution in [3.63, 3.8) is 0 Å². The highest BCUT2D eigenvalue weighted by Crippen LogP contribution is 2.27. The molecular formula is C19H22ClN5O2. The Kier molecular flexibility index (Phi) is 5.60. The number of piperazine rings is 1. The fourth-order valence-electron chi connectivity index (χ4n) is 3.15. The minimum Gasteiger partial charge on any atom is -0.353 e. The summed E-state index contributed by atoms with van der Waals surface area (Å²) in [6.07, 6.45) is 1.38. The largest absolute Gasteiger partial charge is 0.353 e. The Hall–Kier alpha value is -2.67. The maximum absolute atomic E-state index is 12.6. The van der Waals surface area contributed by atoms with Crippen LogP contribution in [0.2, 0.25) is 5.02 Å². The summed E-state index contributed by atoms with van der Waals surface area (Å²) in [5.41, 5.74) is 2.78. The Morgan fingerprint density at radius 1 is 1.07 bits per heavy atom. The summed E-state index contributed by atoms with van der Waals surface area (Å²) in [6, 6.07) is 5.43. The summed E-state index contributed by atoms with van der Waals surface area (Å²) in [7, 11) is 0. The number of aryl methyl sites for hydroxylation is 2. The van der Waals surface area contributed by atoms with Gasteiger partial charge < -0.3 is 15.1 Å². The zero-order valence-corrected chi connectivity index (χ0v) is 16.4. The first-order valence-corrected chi connectivity index (χ1v) is 9.13. The van der Waals surface area contributed by atoms with Gasteiger partial charge in [-0.05, 0) is 31.0 Å². The highest BCUT2D eigenvalue weighted by Gasteiger charge is 2.21. The van der Waals surface area contributed by atoms with E-state index in [9.17, 15) is 9.59 Å². The van der Waals surface area contributed by atoms with Crippen LogP contribution in [0.25, 0.3) is 0 Å². The molecule has 1 aliphatic heterocycles. The topological polar surface area (TPSA) is 78.4 Å². The lowest BCUT2D eigenvalue weighted by atomic mass is 10.1. The second kappa shape index (κ2) is 7.92. The second-order valence-electron chi connectivity index (χ2n) is 6.65. The molecule has 27 heavy (non-hydrogen) atoms. The van der Waals surface area contributed by atoms with Crippen LogP contribution in [0.5, 0.6) is 0 Å². The van der Waals surface area contributed by atoms with Crippen molar-refractivity contribution in [2.45, 2.75) is 20.8 Å². The number of rotatable bonds is 3. The van der Waals surface area contributed by atoms with Gasteiger partial charge in [0.2, 0.25) is 5.91 Å². The maximum Gasteiger partial charge on any atom is 0.274 e. The number of amides is 2. The molecule has 1 N–H and O–H groups in total. The van der Waals surface area contributed by atoms with Gasteiger partial charge in [-0.15, -0.1) is 0 Å². The number of carbonyl (C=O) groups excluding carboxylic acids is 2. The van der Waals surface area contributed by atoms with E-state index >= 15 is 0 Å². The van der Waals surface area contributed by atoms with E-state index < -0.39 is 0 Å². The summed E-state index contributed by atoms with van der Waals surface area (Å²) in [5, 5.41) is 3.34. The van der Waals surface area contributed by atoms with E-state index in [-0.39, 0.29) is 17.5 Å². The second-order valence-corrected chi connectivity index (χ2v) is 7.05. The van der Waals surface area contributed by atoms with Gasteiger partial charge in [-0.3, -0.25) is 9.59 Å². The molecular weight excluding hydrogens is 366 g/mol. The van der Waals surface area contributed by atoms with Crippen LogP contribution in [0, 0.1) is 13.8 Å². The minimum atomic E-state index is -0.338. The number of hydrogen-bond donors (Lipinski definition) is 1. The minimum absolute atomic E-state index is 0.0720. The lowest BCUT2D eigenvalue weighted by Crippen LogP contribution is -2.48. The molecule has 0 saturated carbocycles. The molecule has 0 bridgehead atoms. The van der Waals surface area contributed by atoms with Gasteiger partial charge in [0.1, 0.15) is 17.8 Å². The van der Waals surface area contributed by atoms with E-state index in [1.165, 1.54) is 6.33 Å². The molecule has 142 valence electrons. The van der Waals surface area contributed by atoms with Crippen LogP contribution in [0.4, 0.5) is 11.5 Å². The lowest BCUT2D eigenvalue weighted by molar-refractivity contribution is -0.129. The molecule has 0 spiro atoms. The number of halogens is 1. The van der Waals surface area contributed by atoms with Crippen LogP contribution in [0.15, 0.2) is 24.5 Å². The average Bonchev–Trinajstić information content (AvgIpc) is 2.64. The molecule has 0 unspecified atom stereocenters. The highest BCUT2D eigenvalue weighted by atomic mass is 35.5. The number of hydrogen-bond acceptors (Lipinski definition) is 5. The van der Waals surface area contributed by atoms with Crippen molar-refractivity contribution in [3.8, 4) is 0 Å². The Labute approximate surface area is 163 Å². The Morgan fingerprint density at radius 2 is 1.78 bits per heavy atom. The van der Waals surface area contributed by atoms with E-state index in [2.05, 4.69) is 15.3 Å². The van der Waals surface area contributed by atoms with Gasteiger partial charge in [-0.2, -0.15) is 0 Å². The molecule has 1 aromatic carbocycles. The van der Waals surface area contributed by atoms with Crippen molar-refractivity contribution in [1.82, 2.24) is 14.9 Å². The number of anilines is 2. The molecule has 1 fully saturated rings. The number of benzene rings is 1. The lowest BCUT2D eigenvalue weighted by Gasteiger charge is -2.34. The molecule has 8 heteroatoms. The molecule has 1 aromatic heterocycles. The standard InChI is InChI=1S/C19H22ClN5O2/c1-12-8-13(2)18(15(20)9-12)23-19(27)16-10-17(22-11-21-16)25-6-4-24(5-7-25)14(3)26/h8-11H,4-7H2,1-3H3,(H,23,27). The van der Waals surface area contributed by atoms with Crippen molar-refractivity contribution in [1.29, 1.82) is 0 Å². The van der Waals surface area contributed by atoms with Crippen molar-refractivity contribution in [2.75, 3.05) is 36.4 Å². The Morgan fingerprint density at radius 3 is 2.41 bits per heavy atom. The molecule has 2 heterocycles. The number of nitrogens with zero attached hydrogens (tertiary/aromatic N) is 4. The summed E-state index contributed by atoms with van der Waals surface area (Å²) in [5.74, 6) is 0.405. The third kappa shape index (κ3) is 4.36. The van der Waals surface area contributed by atoms with Crippen LogP contribution >= 0.6 is 11.6 Å². The van der Waals surface area contributed by atoms with Gasteiger partial charge in [0.05, 0.1) is 10.7 Å². The van der Waals surface area contributed by atoms with Gasteiger partial charge >= 0.3 is 0 Å². The molecule has 7 nitrogen and oxygen atoms in total. The summed E-state index contributed by atoms with van der Waals surface area (Å²) in [4.78, 5) is 36.3. The van der Waals surface area contributed by atoms with Crippen LogP contribution in [0.1, 0.15) is 28.5 Å². The first-order chi connectivity index (χ1) is 12.8. The Balaban J connectivity index is 1.74. The normalized spacial score (nSPS) is 14.2.